The quantitative estimate of drug-likeness (QED) is 0.879. The molecule has 0 spiro atoms. The van der Waals surface area contributed by atoms with Crippen molar-refractivity contribution in [2.45, 2.75) is 31.2 Å². The normalized spacial score (nSPS) is 22.6. The number of hydrogen-bond acceptors (Lipinski definition) is 6. The van der Waals surface area contributed by atoms with Crippen molar-refractivity contribution in [1.82, 2.24) is 9.69 Å². The highest BCUT2D eigenvalue weighted by molar-refractivity contribution is 7.10. The topological polar surface area (TPSA) is 80.5 Å². The molecule has 104 valence electrons. The van der Waals surface area contributed by atoms with Crippen molar-refractivity contribution in [2.75, 3.05) is 30.8 Å². The number of carbonyl (C=O) groups excluding carboxylic acids is 1. The number of aromatic nitrogens is 1. The molecule has 6 nitrogen and oxygen atoms in total. The van der Waals surface area contributed by atoms with Crippen LogP contribution >= 0.6 is 11.5 Å². The molecule has 2 aliphatic rings. The highest BCUT2D eigenvalue weighted by Gasteiger charge is 2.34. The summed E-state index contributed by atoms with van der Waals surface area (Å²) in [6.07, 6.45) is 3.00. The molecular formula is C12H18N4O2S. The van der Waals surface area contributed by atoms with E-state index in [1.807, 2.05) is 0 Å². The van der Waals surface area contributed by atoms with Gasteiger partial charge in [0.25, 0.3) is 0 Å². The summed E-state index contributed by atoms with van der Waals surface area (Å²) in [6.45, 7) is 1.73. The number of methoxy groups -OCH3 is 1. The van der Waals surface area contributed by atoms with Gasteiger partial charge in [-0.15, -0.1) is 0 Å². The van der Waals surface area contributed by atoms with Crippen LogP contribution in [0.25, 0.3) is 0 Å². The van der Waals surface area contributed by atoms with Crippen molar-refractivity contribution in [1.29, 1.82) is 0 Å². The van der Waals surface area contributed by atoms with E-state index in [4.69, 9.17) is 5.73 Å². The molecule has 19 heavy (non-hydrogen) atoms. The van der Waals surface area contributed by atoms with Crippen LogP contribution in [-0.4, -0.2) is 36.7 Å². The van der Waals surface area contributed by atoms with Crippen LogP contribution in [0.2, 0.25) is 0 Å². The van der Waals surface area contributed by atoms with Gasteiger partial charge in [0.05, 0.1) is 13.2 Å². The lowest BCUT2D eigenvalue weighted by molar-refractivity contribution is 0.167. The van der Waals surface area contributed by atoms with Crippen LogP contribution in [0.15, 0.2) is 0 Å². The number of rotatable bonds is 3. The number of anilines is 2. The Labute approximate surface area is 116 Å². The minimum Gasteiger partial charge on any atom is -0.453 e. The Hall–Kier alpha value is -1.50. The molecule has 1 aromatic heterocycles. The molecule has 3 N–H and O–H groups in total. The predicted molar refractivity (Wildman–Crippen MR) is 74.7 cm³/mol. The number of nitrogens with zero attached hydrogens (tertiary/aromatic N) is 2. The van der Waals surface area contributed by atoms with E-state index in [9.17, 15) is 4.79 Å². The molecule has 3 rings (SSSR count). The fourth-order valence-electron chi connectivity index (χ4n) is 2.57. The third-order valence-corrected chi connectivity index (χ3v) is 4.64. The van der Waals surface area contributed by atoms with E-state index in [1.165, 1.54) is 42.0 Å². The lowest BCUT2D eigenvalue weighted by atomic mass is 10.2. The number of carbonyl (C=O) groups is 1. The second-order valence-electron chi connectivity index (χ2n) is 5.13. The smallest absolute Gasteiger partial charge is 0.407 e. The summed E-state index contributed by atoms with van der Waals surface area (Å²) in [5, 5.41) is 4.04. The molecule has 0 bridgehead atoms. The van der Waals surface area contributed by atoms with E-state index in [1.54, 1.807) is 0 Å². The van der Waals surface area contributed by atoms with Crippen LogP contribution in [-0.2, 0) is 4.74 Å². The Morgan fingerprint density at radius 3 is 3.00 bits per heavy atom. The molecule has 1 aliphatic carbocycles. The third kappa shape index (κ3) is 2.47. The Kier molecular flexibility index (Phi) is 3.22. The van der Waals surface area contributed by atoms with E-state index in [-0.39, 0.29) is 12.1 Å². The molecule has 1 atom stereocenters. The number of nitrogens with two attached hydrogens (primary N) is 1. The SMILES string of the molecule is COC(=O)NC1CCN(c2snc(N)c2C2CC2)C1. The van der Waals surface area contributed by atoms with E-state index < -0.39 is 0 Å². The minimum absolute atomic E-state index is 0.142. The summed E-state index contributed by atoms with van der Waals surface area (Å²) in [5.74, 6) is 1.29. The zero-order chi connectivity index (χ0) is 13.4. The van der Waals surface area contributed by atoms with Crippen LogP contribution in [0, 0.1) is 0 Å². The fraction of sp³-hybridized carbons (Fsp3) is 0.667. The van der Waals surface area contributed by atoms with Gasteiger partial charge in [-0.25, -0.2) is 4.79 Å². The summed E-state index contributed by atoms with van der Waals surface area (Å²) < 4.78 is 8.92. The standard InChI is InChI=1S/C12H18N4O2S/c1-18-12(17)14-8-4-5-16(6-8)11-9(7-2-3-7)10(13)15-19-11/h7-8H,2-6H2,1H3,(H2,13,15)(H,14,17). The molecule has 1 aromatic rings. The summed E-state index contributed by atoms with van der Waals surface area (Å²) >= 11 is 1.48. The lowest BCUT2D eigenvalue weighted by Crippen LogP contribution is -2.36. The Balaban J connectivity index is 1.69. The first kappa shape index (κ1) is 12.5. The zero-order valence-corrected chi connectivity index (χ0v) is 11.7. The van der Waals surface area contributed by atoms with E-state index in [2.05, 4.69) is 19.3 Å². The van der Waals surface area contributed by atoms with Crippen LogP contribution in [0.1, 0.15) is 30.7 Å². The first-order valence-electron chi connectivity index (χ1n) is 6.53. The molecule has 2 fully saturated rings. The molecule has 1 saturated carbocycles. The molecular weight excluding hydrogens is 264 g/mol. The highest BCUT2D eigenvalue weighted by atomic mass is 32.1. The van der Waals surface area contributed by atoms with E-state index in [0.717, 1.165) is 19.5 Å². The highest BCUT2D eigenvalue weighted by Crippen LogP contribution is 2.49. The number of hydrogen-bond donors (Lipinski definition) is 2. The minimum atomic E-state index is -0.363. The van der Waals surface area contributed by atoms with Gasteiger partial charge in [0.1, 0.15) is 10.8 Å². The number of amides is 1. The number of ether oxygens (including phenoxy) is 1. The molecule has 1 amide bonds. The maximum atomic E-state index is 11.2. The van der Waals surface area contributed by atoms with Crippen molar-refractivity contribution in [2.24, 2.45) is 0 Å². The van der Waals surface area contributed by atoms with Gasteiger partial charge >= 0.3 is 6.09 Å². The summed E-state index contributed by atoms with van der Waals surface area (Å²) in [5.41, 5.74) is 7.20. The first-order valence-corrected chi connectivity index (χ1v) is 7.31. The van der Waals surface area contributed by atoms with Gasteiger partial charge < -0.3 is 20.7 Å². The van der Waals surface area contributed by atoms with E-state index >= 15 is 0 Å². The molecule has 1 aliphatic heterocycles. The van der Waals surface area contributed by atoms with Gasteiger partial charge in [0.15, 0.2) is 0 Å². The lowest BCUT2D eigenvalue weighted by Gasteiger charge is -2.18. The fourth-order valence-corrected chi connectivity index (χ4v) is 3.51. The van der Waals surface area contributed by atoms with Crippen LogP contribution in [0.5, 0.6) is 0 Å². The Morgan fingerprint density at radius 1 is 1.53 bits per heavy atom. The van der Waals surface area contributed by atoms with Gasteiger partial charge in [-0.3, -0.25) is 0 Å². The van der Waals surface area contributed by atoms with Crippen molar-refractivity contribution in [3.8, 4) is 0 Å². The Morgan fingerprint density at radius 2 is 2.32 bits per heavy atom. The maximum Gasteiger partial charge on any atom is 0.407 e. The largest absolute Gasteiger partial charge is 0.453 e. The second-order valence-corrected chi connectivity index (χ2v) is 5.88. The van der Waals surface area contributed by atoms with Crippen LogP contribution < -0.4 is 16.0 Å². The molecule has 1 unspecified atom stereocenters. The van der Waals surface area contributed by atoms with Crippen molar-refractivity contribution in [3.63, 3.8) is 0 Å². The summed E-state index contributed by atoms with van der Waals surface area (Å²) in [7, 11) is 1.39. The maximum absolute atomic E-state index is 11.2. The number of nitrogens with one attached hydrogen (secondary N) is 1. The molecule has 7 heteroatoms. The van der Waals surface area contributed by atoms with Gasteiger partial charge in [0, 0.05) is 18.7 Å². The average molecular weight is 282 g/mol. The summed E-state index contributed by atoms with van der Waals surface area (Å²) in [4.78, 5) is 13.5. The van der Waals surface area contributed by atoms with Gasteiger partial charge in [-0.2, -0.15) is 4.37 Å². The van der Waals surface area contributed by atoms with Gasteiger partial charge in [-0.1, -0.05) is 0 Å². The zero-order valence-electron chi connectivity index (χ0n) is 10.9. The number of nitrogen functional groups attached to an aromatic ring is 1. The first-order chi connectivity index (χ1) is 9.19. The van der Waals surface area contributed by atoms with Crippen LogP contribution in [0.3, 0.4) is 0 Å². The molecule has 0 aromatic carbocycles. The van der Waals surface area contributed by atoms with Crippen molar-refractivity contribution < 1.29 is 9.53 Å². The molecule has 0 radical (unpaired) electrons. The molecule has 2 heterocycles. The number of alkyl carbamates (subject to hydrolysis) is 1. The predicted octanol–water partition coefficient (Wildman–Crippen LogP) is 1.54. The van der Waals surface area contributed by atoms with Crippen LogP contribution in [0.4, 0.5) is 15.6 Å². The Bertz CT molecular complexity index is 486. The second kappa shape index (κ2) is 4.88. The monoisotopic (exact) mass is 282 g/mol. The third-order valence-electron chi connectivity index (χ3n) is 3.71. The average Bonchev–Trinajstić information content (AvgIpc) is 3.01. The van der Waals surface area contributed by atoms with Crippen molar-refractivity contribution >= 4 is 28.4 Å². The van der Waals surface area contributed by atoms with Gasteiger partial charge in [-0.05, 0) is 36.7 Å². The molecule has 1 saturated heterocycles. The van der Waals surface area contributed by atoms with E-state index in [0.29, 0.717) is 11.7 Å². The van der Waals surface area contributed by atoms with Crippen molar-refractivity contribution in [3.05, 3.63) is 5.56 Å². The van der Waals surface area contributed by atoms with Gasteiger partial charge in [0.2, 0.25) is 0 Å². The summed E-state index contributed by atoms with van der Waals surface area (Å²) in [6, 6.07) is 0.142.